The van der Waals surface area contributed by atoms with Crippen LogP contribution in [0.3, 0.4) is 0 Å². The molecule has 2 heterocycles. The van der Waals surface area contributed by atoms with Crippen LogP contribution in [-0.4, -0.2) is 16.8 Å². The molecule has 4 nitrogen and oxygen atoms in total. The average molecular weight is 443 g/mol. The molecule has 4 rings (SSSR count). The molecule has 1 atom stereocenters. The number of carbonyl (C=O) groups excluding carboxylic acids is 2. The number of Topliss-reactive ketones (excluding diaryl/α,β-unsaturated/α-hetero) is 1. The molecule has 3 aromatic rings. The van der Waals surface area contributed by atoms with Crippen LogP contribution in [0.1, 0.15) is 27.6 Å². The molecule has 1 aromatic heterocycles. The van der Waals surface area contributed by atoms with E-state index < -0.39 is 29.5 Å². The lowest BCUT2D eigenvalue weighted by molar-refractivity contribution is -0.137. The number of carbonyl (C=O) groups is 2. The van der Waals surface area contributed by atoms with E-state index in [1.165, 1.54) is 23.5 Å². The predicted molar refractivity (Wildman–Crippen MR) is 112 cm³/mol. The normalized spacial score (nSPS) is 18.6. The molecule has 1 aliphatic rings. The summed E-state index contributed by atoms with van der Waals surface area (Å²) in [6, 6.07) is 13.3. The van der Waals surface area contributed by atoms with Crippen molar-refractivity contribution in [2.24, 2.45) is 0 Å². The number of anilines is 1. The maximum Gasteiger partial charge on any atom is 0.416 e. The van der Waals surface area contributed by atoms with Crippen LogP contribution < -0.4 is 4.90 Å². The van der Waals surface area contributed by atoms with Gasteiger partial charge in [-0.25, -0.2) is 0 Å². The molecule has 2 aromatic carbocycles. The number of alkyl halides is 3. The molecule has 1 unspecified atom stereocenters. The van der Waals surface area contributed by atoms with E-state index in [-0.39, 0.29) is 17.0 Å². The van der Waals surface area contributed by atoms with Gasteiger partial charge in [0.05, 0.1) is 11.1 Å². The summed E-state index contributed by atoms with van der Waals surface area (Å²) in [4.78, 5) is 27.6. The van der Waals surface area contributed by atoms with Crippen molar-refractivity contribution in [2.75, 3.05) is 4.90 Å². The number of aliphatic hydroxyl groups excluding tert-OH is 1. The van der Waals surface area contributed by atoms with Gasteiger partial charge in [0.25, 0.3) is 11.7 Å². The topological polar surface area (TPSA) is 57.6 Å². The Morgan fingerprint density at radius 1 is 1.03 bits per heavy atom. The van der Waals surface area contributed by atoms with Gasteiger partial charge in [-0.2, -0.15) is 13.2 Å². The fraction of sp³-hybridized carbons (Fsp3) is 0.130. The SMILES string of the molecule is Cc1ccsc1C1/C(=C(/O)c2ccccc2)C(=O)C(=O)N1c1cccc(C(F)(F)F)c1. The van der Waals surface area contributed by atoms with Crippen LogP contribution in [0.4, 0.5) is 18.9 Å². The van der Waals surface area contributed by atoms with Crippen LogP contribution in [0.25, 0.3) is 5.76 Å². The van der Waals surface area contributed by atoms with Crippen molar-refractivity contribution >= 4 is 34.5 Å². The first-order chi connectivity index (χ1) is 14.7. The number of hydrogen-bond donors (Lipinski definition) is 1. The van der Waals surface area contributed by atoms with Crippen molar-refractivity contribution in [3.8, 4) is 0 Å². The molecule has 1 amide bonds. The quantitative estimate of drug-likeness (QED) is 0.321. The highest BCUT2D eigenvalue weighted by Crippen LogP contribution is 2.45. The molecule has 0 radical (unpaired) electrons. The summed E-state index contributed by atoms with van der Waals surface area (Å²) in [6.07, 6.45) is -4.61. The minimum Gasteiger partial charge on any atom is -0.507 e. The maximum absolute atomic E-state index is 13.3. The number of benzene rings is 2. The lowest BCUT2D eigenvalue weighted by Gasteiger charge is -2.25. The molecule has 31 heavy (non-hydrogen) atoms. The molecule has 0 saturated carbocycles. The van der Waals surface area contributed by atoms with Gasteiger partial charge in [-0.05, 0) is 42.1 Å². The lowest BCUT2D eigenvalue weighted by atomic mass is 9.98. The van der Waals surface area contributed by atoms with Crippen molar-refractivity contribution in [3.05, 3.63) is 93.2 Å². The second-order valence-corrected chi connectivity index (χ2v) is 8.00. The van der Waals surface area contributed by atoms with E-state index in [9.17, 15) is 27.9 Å². The monoisotopic (exact) mass is 443 g/mol. The van der Waals surface area contributed by atoms with Crippen LogP contribution in [0.15, 0.2) is 71.6 Å². The Labute approximate surface area is 179 Å². The highest BCUT2D eigenvalue weighted by atomic mass is 32.1. The Bertz CT molecular complexity index is 1200. The van der Waals surface area contributed by atoms with E-state index >= 15 is 0 Å². The molecule has 1 fully saturated rings. The zero-order valence-corrected chi connectivity index (χ0v) is 17.0. The van der Waals surface area contributed by atoms with E-state index in [1.807, 2.05) is 0 Å². The zero-order chi connectivity index (χ0) is 22.3. The molecule has 1 saturated heterocycles. The Balaban J connectivity index is 1.95. The number of amides is 1. The number of ketones is 1. The molecule has 1 N–H and O–H groups in total. The van der Waals surface area contributed by atoms with Crippen LogP contribution in [0, 0.1) is 6.92 Å². The van der Waals surface area contributed by atoms with Crippen LogP contribution >= 0.6 is 11.3 Å². The molecular weight excluding hydrogens is 427 g/mol. The van der Waals surface area contributed by atoms with E-state index in [2.05, 4.69) is 0 Å². The van der Waals surface area contributed by atoms with Crippen molar-refractivity contribution in [1.82, 2.24) is 0 Å². The minimum absolute atomic E-state index is 0.0677. The van der Waals surface area contributed by atoms with E-state index in [1.54, 1.807) is 48.7 Å². The Morgan fingerprint density at radius 3 is 2.35 bits per heavy atom. The second-order valence-electron chi connectivity index (χ2n) is 7.05. The summed E-state index contributed by atoms with van der Waals surface area (Å²) in [5.74, 6) is -2.31. The first-order valence-corrected chi connectivity index (χ1v) is 10.2. The zero-order valence-electron chi connectivity index (χ0n) is 16.2. The Kier molecular flexibility index (Phi) is 5.18. The van der Waals surface area contributed by atoms with Gasteiger partial charge in [0, 0.05) is 16.1 Å². The molecule has 0 bridgehead atoms. The van der Waals surface area contributed by atoms with Gasteiger partial charge in [-0.15, -0.1) is 11.3 Å². The van der Waals surface area contributed by atoms with Gasteiger partial charge in [0.15, 0.2) is 0 Å². The molecule has 8 heteroatoms. The van der Waals surface area contributed by atoms with Crippen molar-refractivity contribution in [1.29, 1.82) is 0 Å². The van der Waals surface area contributed by atoms with Gasteiger partial charge < -0.3 is 5.11 Å². The minimum atomic E-state index is -4.61. The molecular formula is C23H16F3NO3S. The van der Waals surface area contributed by atoms with Crippen molar-refractivity contribution in [2.45, 2.75) is 19.1 Å². The third-order valence-corrected chi connectivity index (χ3v) is 6.16. The maximum atomic E-state index is 13.3. The summed E-state index contributed by atoms with van der Waals surface area (Å²) in [7, 11) is 0. The predicted octanol–water partition coefficient (Wildman–Crippen LogP) is 5.70. The Morgan fingerprint density at radius 2 is 1.74 bits per heavy atom. The highest BCUT2D eigenvalue weighted by molar-refractivity contribution is 7.10. The Hall–Kier alpha value is -3.39. The molecule has 0 spiro atoms. The van der Waals surface area contributed by atoms with Gasteiger partial charge in [-0.1, -0.05) is 36.4 Å². The number of rotatable bonds is 3. The number of aliphatic hydroxyl groups is 1. The molecule has 158 valence electrons. The highest BCUT2D eigenvalue weighted by Gasteiger charge is 2.48. The van der Waals surface area contributed by atoms with E-state index in [0.717, 1.165) is 22.6 Å². The third-order valence-electron chi connectivity index (χ3n) is 5.09. The first kappa shape index (κ1) is 20.9. The van der Waals surface area contributed by atoms with Crippen LogP contribution in [-0.2, 0) is 15.8 Å². The number of nitrogens with zero attached hydrogens (tertiary/aromatic N) is 1. The van der Waals surface area contributed by atoms with Gasteiger partial charge in [-0.3, -0.25) is 14.5 Å². The van der Waals surface area contributed by atoms with Crippen LogP contribution in [0.2, 0.25) is 0 Å². The largest absolute Gasteiger partial charge is 0.507 e. The third kappa shape index (κ3) is 3.63. The first-order valence-electron chi connectivity index (χ1n) is 9.28. The van der Waals surface area contributed by atoms with Crippen molar-refractivity contribution < 1.29 is 27.9 Å². The van der Waals surface area contributed by atoms with E-state index in [0.29, 0.717) is 10.4 Å². The fourth-order valence-corrected chi connectivity index (χ4v) is 4.62. The second kappa shape index (κ2) is 7.70. The van der Waals surface area contributed by atoms with Gasteiger partial charge >= 0.3 is 6.18 Å². The fourth-order valence-electron chi connectivity index (χ4n) is 3.60. The van der Waals surface area contributed by atoms with Gasteiger partial charge in [0.2, 0.25) is 0 Å². The summed E-state index contributed by atoms with van der Waals surface area (Å²) in [6.45, 7) is 1.78. The van der Waals surface area contributed by atoms with Gasteiger partial charge in [0.1, 0.15) is 11.8 Å². The number of halogens is 3. The summed E-state index contributed by atoms with van der Waals surface area (Å²) in [5.41, 5.74) is -0.0609. The summed E-state index contributed by atoms with van der Waals surface area (Å²) >= 11 is 1.26. The number of thiophene rings is 1. The van der Waals surface area contributed by atoms with Crippen LogP contribution in [0.5, 0.6) is 0 Å². The number of aryl methyl sites for hydroxylation is 1. The average Bonchev–Trinajstić information content (AvgIpc) is 3.28. The smallest absolute Gasteiger partial charge is 0.416 e. The summed E-state index contributed by atoms with van der Waals surface area (Å²) < 4.78 is 39.8. The van der Waals surface area contributed by atoms with E-state index in [4.69, 9.17) is 0 Å². The lowest BCUT2D eigenvalue weighted by Crippen LogP contribution is -2.29. The van der Waals surface area contributed by atoms with Crippen molar-refractivity contribution in [3.63, 3.8) is 0 Å². The summed E-state index contributed by atoms with van der Waals surface area (Å²) in [5, 5.41) is 12.7. The molecule has 0 aliphatic carbocycles. The number of hydrogen-bond acceptors (Lipinski definition) is 4. The molecule has 1 aliphatic heterocycles. The standard InChI is InChI=1S/C23H16F3NO3S/c1-13-10-11-31-21(13)18-17(19(28)14-6-3-2-4-7-14)20(29)22(30)27(18)16-9-5-8-15(12-16)23(24,25)26/h2-12,18,28H,1H3/b19-17-.